The average molecular weight is 437 g/mol. The molecule has 0 saturated heterocycles. The molecule has 158 valence electrons. The molecule has 0 N–H and O–H groups in total. The van der Waals surface area contributed by atoms with Crippen LogP contribution >= 0.6 is 7.11 Å². The van der Waals surface area contributed by atoms with Crippen LogP contribution in [-0.2, 0) is 0 Å². The first-order valence-electron chi connectivity index (χ1n) is 10.8. The molecule has 2 aliphatic heterocycles. The topological polar surface area (TPSA) is 21.7 Å². The maximum absolute atomic E-state index is 6.92. The highest BCUT2D eigenvalue weighted by Gasteiger charge is 2.44. The Morgan fingerprint density at radius 1 is 0.781 bits per heavy atom. The summed E-state index contributed by atoms with van der Waals surface area (Å²) in [6.45, 7) is 2.56. The first kappa shape index (κ1) is 19.3. The van der Waals surface area contributed by atoms with Crippen molar-refractivity contribution in [2.75, 3.05) is 11.6 Å². The molecule has 2 heterocycles. The number of fused-ring (bicyclic) bond motifs is 4. The number of hydrogen-bond donors (Lipinski definition) is 0. The number of para-hydroxylation sites is 2. The largest absolute Gasteiger partial charge is 0.473 e. The minimum absolute atomic E-state index is 0.0651. The molecule has 4 aromatic rings. The minimum Gasteiger partial charge on any atom is -0.473 e. The van der Waals surface area contributed by atoms with Gasteiger partial charge < -0.3 is 14.2 Å². The lowest BCUT2D eigenvalue weighted by Gasteiger charge is -2.47. The van der Waals surface area contributed by atoms with Crippen LogP contribution in [0.2, 0.25) is 0 Å². The van der Waals surface area contributed by atoms with Crippen LogP contribution in [0.25, 0.3) is 11.1 Å². The Morgan fingerprint density at radius 3 is 2.25 bits per heavy atom. The zero-order valence-electron chi connectivity index (χ0n) is 17.9. The second kappa shape index (κ2) is 7.32. The third-order valence-corrected chi connectivity index (χ3v) is 9.44. The van der Waals surface area contributed by atoms with E-state index in [1.165, 1.54) is 16.4 Å². The van der Waals surface area contributed by atoms with E-state index in [2.05, 4.69) is 90.7 Å². The Labute approximate surface area is 188 Å². The summed E-state index contributed by atoms with van der Waals surface area (Å²) in [6, 6.07) is 33.8. The van der Waals surface area contributed by atoms with Gasteiger partial charge in [-0.2, -0.15) is 0 Å². The van der Waals surface area contributed by atoms with Crippen LogP contribution in [0.15, 0.2) is 97.1 Å². The molecule has 3 nitrogen and oxygen atoms in total. The van der Waals surface area contributed by atoms with Gasteiger partial charge >= 0.3 is 0 Å². The lowest BCUT2D eigenvalue weighted by atomic mass is 10.0. The van der Waals surface area contributed by atoms with Gasteiger partial charge in [-0.15, -0.1) is 0 Å². The number of rotatable bonds is 2. The van der Waals surface area contributed by atoms with Crippen molar-refractivity contribution in [3.8, 4) is 22.6 Å². The Hall–Kier alpha value is -3.42. The third-order valence-electron chi connectivity index (χ3n) is 6.36. The molecule has 2 aliphatic rings. The molecule has 0 radical (unpaired) electrons. The van der Waals surface area contributed by atoms with Gasteiger partial charge in [0.05, 0.1) is 0 Å². The van der Waals surface area contributed by atoms with Crippen LogP contribution in [0, 0.1) is 6.92 Å². The van der Waals surface area contributed by atoms with Crippen LogP contribution in [0.1, 0.15) is 16.9 Å². The summed E-state index contributed by atoms with van der Waals surface area (Å²) >= 11 is 0. The molecule has 0 saturated carbocycles. The maximum Gasteiger partial charge on any atom is 0.162 e. The van der Waals surface area contributed by atoms with Crippen molar-refractivity contribution in [1.82, 2.24) is 0 Å². The Bertz CT molecular complexity index is 1360. The quantitative estimate of drug-likeness (QED) is 0.330. The number of hydrogen-bond acceptors (Lipinski definition) is 3. The third kappa shape index (κ3) is 2.89. The Morgan fingerprint density at radius 2 is 1.44 bits per heavy atom. The van der Waals surface area contributed by atoms with Crippen LogP contribution in [-0.4, -0.2) is 13.0 Å². The average Bonchev–Trinajstić information content (AvgIpc) is 2.84. The molecular weight excluding hydrogens is 413 g/mol. The molecule has 6 rings (SSSR count). The molecule has 0 aliphatic carbocycles. The molecule has 4 heteroatoms. The van der Waals surface area contributed by atoms with Crippen molar-refractivity contribution < 1.29 is 9.26 Å². The van der Waals surface area contributed by atoms with E-state index in [1.807, 2.05) is 18.2 Å². The summed E-state index contributed by atoms with van der Waals surface area (Å²) in [6.07, 6.45) is 4.88. The molecule has 0 fully saturated rings. The highest BCUT2D eigenvalue weighted by atomic mass is 31.2. The summed E-state index contributed by atoms with van der Waals surface area (Å²) in [5.74, 6) is 1.75. The lowest BCUT2D eigenvalue weighted by Crippen LogP contribution is -2.40. The van der Waals surface area contributed by atoms with Gasteiger partial charge in [0, 0.05) is 22.1 Å². The van der Waals surface area contributed by atoms with Crippen molar-refractivity contribution in [3.05, 3.63) is 108 Å². The number of benzene rings is 4. The van der Waals surface area contributed by atoms with E-state index in [9.17, 15) is 0 Å². The molecule has 2 atom stereocenters. The maximum atomic E-state index is 6.92. The van der Waals surface area contributed by atoms with E-state index in [0.717, 1.165) is 28.3 Å². The standard InChI is InChI=1S/C28H24NO2P/c1-20-15-17-21(18-16-20)29-19-30-25-12-6-4-11-24(25)28(29)32(2)27-14-8-5-10-23(27)22-9-3-7-13-26(22)31-32/h3-18,28H,2,19H2,1H3. The molecule has 0 spiro atoms. The van der Waals surface area contributed by atoms with Crippen molar-refractivity contribution in [1.29, 1.82) is 0 Å². The first-order valence-corrected chi connectivity index (χ1v) is 12.8. The van der Waals surface area contributed by atoms with Gasteiger partial charge in [-0.25, -0.2) is 0 Å². The van der Waals surface area contributed by atoms with Gasteiger partial charge in [0.2, 0.25) is 0 Å². The van der Waals surface area contributed by atoms with Gasteiger partial charge in [0.1, 0.15) is 24.4 Å². The van der Waals surface area contributed by atoms with Gasteiger partial charge in [0.25, 0.3) is 0 Å². The normalized spacial score (nSPS) is 20.9. The van der Waals surface area contributed by atoms with E-state index in [0.29, 0.717) is 6.73 Å². The van der Waals surface area contributed by atoms with E-state index in [4.69, 9.17) is 15.6 Å². The molecular formula is C28H24NO2P. The predicted molar refractivity (Wildman–Crippen MR) is 135 cm³/mol. The monoisotopic (exact) mass is 437 g/mol. The van der Waals surface area contributed by atoms with E-state index < -0.39 is 7.11 Å². The van der Waals surface area contributed by atoms with Crippen molar-refractivity contribution >= 4 is 24.4 Å². The molecule has 2 unspecified atom stereocenters. The summed E-state index contributed by atoms with van der Waals surface area (Å²) in [4.78, 5) is 2.31. The highest BCUT2D eigenvalue weighted by molar-refractivity contribution is 7.77. The van der Waals surface area contributed by atoms with Gasteiger partial charge in [0.15, 0.2) is 6.73 Å². The van der Waals surface area contributed by atoms with Gasteiger partial charge in [-0.3, -0.25) is 0 Å². The second-order valence-electron chi connectivity index (χ2n) is 8.39. The summed E-state index contributed by atoms with van der Waals surface area (Å²) in [7, 11) is -2.43. The highest BCUT2D eigenvalue weighted by Crippen LogP contribution is 2.66. The van der Waals surface area contributed by atoms with E-state index in [1.54, 1.807) is 0 Å². The zero-order chi connectivity index (χ0) is 21.7. The number of anilines is 1. The van der Waals surface area contributed by atoms with Gasteiger partial charge in [-0.1, -0.05) is 84.7 Å². The smallest absolute Gasteiger partial charge is 0.162 e. The van der Waals surface area contributed by atoms with Crippen molar-refractivity contribution in [3.63, 3.8) is 0 Å². The molecule has 4 aromatic carbocycles. The van der Waals surface area contributed by atoms with Crippen molar-refractivity contribution in [2.45, 2.75) is 12.7 Å². The fraction of sp³-hybridized carbons (Fsp3) is 0.107. The Kier molecular flexibility index (Phi) is 4.41. The SMILES string of the molecule is C=P1(C2c3ccccc3OCN2c2ccc(C)cc2)Oc2ccccc2-c2ccccc21. The molecule has 32 heavy (non-hydrogen) atoms. The summed E-state index contributed by atoms with van der Waals surface area (Å²) < 4.78 is 13.1. The Balaban J connectivity index is 1.60. The van der Waals surface area contributed by atoms with Crippen molar-refractivity contribution in [2.24, 2.45) is 0 Å². The first-order chi connectivity index (χ1) is 15.6. The van der Waals surface area contributed by atoms with Gasteiger partial charge in [-0.05, 0) is 36.8 Å². The van der Waals surface area contributed by atoms with E-state index in [-0.39, 0.29) is 5.78 Å². The number of ether oxygens (including phenoxy) is 1. The van der Waals surface area contributed by atoms with Crippen LogP contribution in [0.3, 0.4) is 0 Å². The fourth-order valence-corrected chi connectivity index (χ4v) is 8.04. The zero-order valence-corrected chi connectivity index (χ0v) is 18.8. The molecule has 0 aromatic heterocycles. The second-order valence-corrected chi connectivity index (χ2v) is 11.1. The van der Waals surface area contributed by atoms with Crippen LogP contribution in [0.4, 0.5) is 5.69 Å². The number of aryl methyl sites for hydroxylation is 1. The fourth-order valence-electron chi connectivity index (χ4n) is 4.81. The van der Waals surface area contributed by atoms with Crippen LogP contribution < -0.4 is 19.5 Å². The molecule has 0 bridgehead atoms. The minimum atomic E-state index is -2.43. The lowest BCUT2D eigenvalue weighted by molar-refractivity contribution is 0.284. The van der Waals surface area contributed by atoms with E-state index >= 15 is 0 Å². The van der Waals surface area contributed by atoms with Crippen LogP contribution in [0.5, 0.6) is 11.5 Å². The number of nitrogens with zero attached hydrogens (tertiary/aromatic N) is 1. The predicted octanol–water partition coefficient (Wildman–Crippen LogP) is 6.60. The summed E-state index contributed by atoms with van der Waals surface area (Å²) in [5.41, 5.74) is 5.81. The summed E-state index contributed by atoms with van der Waals surface area (Å²) in [5, 5.41) is 1.19. The molecule has 0 amide bonds.